The van der Waals surface area contributed by atoms with E-state index >= 15 is 0 Å². The zero-order valence-corrected chi connectivity index (χ0v) is 10.3. The minimum absolute atomic E-state index is 0.0102. The van der Waals surface area contributed by atoms with Crippen LogP contribution in [0.5, 0.6) is 0 Å². The van der Waals surface area contributed by atoms with E-state index in [9.17, 15) is 13.2 Å². The highest BCUT2D eigenvalue weighted by molar-refractivity contribution is 7.86. The van der Waals surface area contributed by atoms with E-state index < -0.39 is 16.2 Å². The molecule has 0 atom stereocenters. The van der Waals surface area contributed by atoms with Gasteiger partial charge in [-0.1, -0.05) is 6.92 Å². The van der Waals surface area contributed by atoms with Crippen LogP contribution in [0.15, 0.2) is 0 Å². The van der Waals surface area contributed by atoms with Gasteiger partial charge in [0, 0.05) is 26.7 Å². The second-order valence-corrected chi connectivity index (χ2v) is 5.22. The number of rotatable bonds is 8. The van der Waals surface area contributed by atoms with E-state index in [0.717, 1.165) is 8.61 Å². The highest BCUT2D eigenvalue weighted by Crippen LogP contribution is 2.06. The first-order valence-corrected chi connectivity index (χ1v) is 6.30. The summed E-state index contributed by atoms with van der Waals surface area (Å²) >= 11 is 0. The van der Waals surface area contributed by atoms with Gasteiger partial charge in [-0.3, -0.25) is 4.79 Å². The van der Waals surface area contributed by atoms with Crippen molar-refractivity contribution in [2.75, 3.05) is 33.3 Å². The Morgan fingerprint density at radius 3 is 2.25 bits per heavy atom. The van der Waals surface area contributed by atoms with Crippen molar-refractivity contribution >= 4 is 16.2 Å². The van der Waals surface area contributed by atoms with Crippen LogP contribution < -0.4 is 0 Å². The molecule has 0 heterocycles. The van der Waals surface area contributed by atoms with E-state index in [2.05, 4.69) is 0 Å². The van der Waals surface area contributed by atoms with Gasteiger partial charge in [-0.2, -0.15) is 17.0 Å². The maximum Gasteiger partial charge on any atom is 0.304 e. The second-order valence-electron chi connectivity index (χ2n) is 3.19. The molecule has 0 amide bonds. The van der Waals surface area contributed by atoms with Crippen molar-refractivity contribution in [3.8, 4) is 0 Å². The number of hydrogen-bond acceptors (Lipinski definition) is 4. The van der Waals surface area contributed by atoms with Gasteiger partial charge in [-0.25, -0.2) is 0 Å². The molecule has 0 aromatic carbocycles. The van der Waals surface area contributed by atoms with E-state index in [1.165, 1.54) is 7.05 Å². The summed E-state index contributed by atoms with van der Waals surface area (Å²) in [5, 5.41) is 17.2. The lowest BCUT2D eigenvalue weighted by Crippen LogP contribution is -2.43. The highest BCUT2D eigenvalue weighted by atomic mass is 32.2. The Morgan fingerprint density at radius 2 is 1.88 bits per heavy atom. The summed E-state index contributed by atoms with van der Waals surface area (Å²) in [6.07, 6.45) is -0.244. The summed E-state index contributed by atoms with van der Waals surface area (Å²) in [7, 11) is -2.35. The maximum atomic E-state index is 11.8. The van der Waals surface area contributed by atoms with Gasteiger partial charge in [0.25, 0.3) is 10.2 Å². The fourth-order valence-corrected chi connectivity index (χ4v) is 2.47. The van der Waals surface area contributed by atoms with Crippen LogP contribution in [0.4, 0.5) is 0 Å². The molecule has 0 bridgehead atoms. The van der Waals surface area contributed by atoms with Gasteiger partial charge >= 0.3 is 5.97 Å². The van der Waals surface area contributed by atoms with Crippen LogP contribution >= 0.6 is 0 Å². The van der Waals surface area contributed by atoms with Gasteiger partial charge in [0.1, 0.15) is 0 Å². The van der Waals surface area contributed by atoms with Crippen LogP contribution in [0, 0.1) is 0 Å². The van der Waals surface area contributed by atoms with Gasteiger partial charge in [0.2, 0.25) is 0 Å². The van der Waals surface area contributed by atoms with Crippen molar-refractivity contribution in [3.63, 3.8) is 0 Å². The quantitative estimate of drug-likeness (QED) is 0.576. The number of carboxylic acids is 1. The minimum Gasteiger partial charge on any atom is -0.481 e. The van der Waals surface area contributed by atoms with Crippen LogP contribution in [0.1, 0.15) is 13.3 Å². The van der Waals surface area contributed by atoms with Crippen molar-refractivity contribution in [2.45, 2.75) is 13.3 Å². The molecule has 0 aromatic rings. The molecule has 96 valence electrons. The highest BCUT2D eigenvalue weighted by Gasteiger charge is 2.25. The summed E-state index contributed by atoms with van der Waals surface area (Å²) < 4.78 is 25.7. The van der Waals surface area contributed by atoms with Crippen molar-refractivity contribution in [1.82, 2.24) is 8.61 Å². The molecule has 0 aliphatic rings. The molecule has 0 saturated carbocycles. The van der Waals surface area contributed by atoms with Crippen molar-refractivity contribution in [1.29, 1.82) is 0 Å². The largest absolute Gasteiger partial charge is 0.481 e. The Hall–Kier alpha value is -0.700. The molecule has 0 radical (unpaired) electrons. The number of carbonyl (C=O) groups is 1. The van der Waals surface area contributed by atoms with Crippen molar-refractivity contribution in [2.24, 2.45) is 0 Å². The molecule has 0 saturated heterocycles. The lowest BCUT2D eigenvalue weighted by molar-refractivity contribution is -0.137. The fourth-order valence-electron chi connectivity index (χ4n) is 1.11. The SMILES string of the molecule is CCN(CCO)S(=O)(=O)N(C)CCC(=O)O. The van der Waals surface area contributed by atoms with E-state index in [1.54, 1.807) is 6.92 Å². The number of aliphatic hydroxyl groups excluding tert-OH is 1. The summed E-state index contributed by atoms with van der Waals surface area (Å²) in [6, 6.07) is 0. The normalized spacial score (nSPS) is 12.3. The molecule has 7 nitrogen and oxygen atoms in total. The third-order valence-corrected chi connectivity index (χ3v) is 4.13. The van der Waals surface area contributed by atoms with Crippen LogP contribution in [-0.2, 0) is 15.0 Å². The number of aliphatic carboxylic acids is 1. The molecule has 16 heavy (non-hydrogen) atoms. The zero-order valence-electron chi connectivity index (χ0n) is 9.46. The molecular formula is C8H18N2O5S. The summed E-state index contributed by atoms with van der Waals surface area (Å²) in [6.45, 7) is 1.55. The van der Waals surface area contributed by atoms with Crippen molar-refractivity contribution in [3.05, 3.63) is 0 Å². The molecule has 8 heteroatoms. The first kappa shape index (κ1) is 15.3. The third-order valence-electron chi connectivity index (χ3n) is 2.06. The number of carboxylic acid groups (broad SMARTS) is 1. The monoisotopic (exact) mass is 254 g/mol. The first-order chi connectivity index (χ1) is 7.36. The predicted octanol–water partition coefficient (Wildman–Crippen LogP) is -1.05. The van der Waals surface area contributed by atoms with E-state index in [4.69, 9.17) is 10.2 Å². The molecule has 0 spiro atoms. The van der Waals surface area contributed by atoms with Gasteiger partial charge in [-0.05, 0) is 0 Å². The lowest BCUT2D eigenvalue weighted by Gasteiger charge is -2.25. The first-order valence-electron chi connectivity index (χ1n) is 4.90. The molecule has 2 N–H and O–H groups in total. The van der Waals surface area contributed by atoms with Gasteiger partial charge < -0.3 is 10.2 Å². The molecule has 0 rings (SSSR count). The molecule has 0 unspecified atom stereocenters. The van der Waals surface area contributed by atoms with Gasteiger partial charge in [-0.15, -0.1) is 0 Å². The average Bonchev–Trinajstić information content (AvgIpc) is 2.21. The van der Waals surface area contributed by atoms with Crippen LogP contribution in [-0.4, -0.2) is 66.5 Å². The molecule has 0 fully saturated rings. The Balaban J connectivity index is 4.55. The summed E-state index contributed by atoms with van der Waals surface area (Å²) in [4.78, 5) is 10.3. The van der Waals surface area contributed by atoms with Crippen LogP contribution in [0.25, 0.3) is 0 Å². The fraction of sp³-hybridized carbons (Fsp3) is 0.875. The van der Waals surface area contributed by atoms with Gasteiger partial charge in [0.15, 0.2) is 0 Å². The molecule has 0 aliphatic carbocycles. The minimum atomic E-state index is -3.67. The standard InChI is InChI=1S/C8H18N2O5S/c1-3-10(6-7-11)16(14,15)9(2)5-4-8(12)13/h11H,3-7H2,1-2H3,(H,12,13). The van der Waals surface area contributed by atoms with Crippen LogP contribution in [0.2, 0.25) is 0 Å². The van der Waals surface area contributed by atoms with E-state index in [1.807, 2.05) is 0 Å². The third kappa shape index (κ3) is 4.44. The zero-order chi connectivity index (χ0) is 12.8. The Bertz CT molecular complexity index is 316. The average molecular weight is 254 g/mol. The topological polar surface area (TPSA) is 98.2 Å². The summed E-state index contributed by atoms with van der Waals surface area (Å²) in [5.41, 5.74) is 0. The number of nitrogens with zero attached hydrogens (tertiary/aromatic N) is 2. The smallest absolute Gasteiger partial charge is 0.304 e. The van der Waals surface area contributed by atoms with Crippen LogP contribution in [0.3, 0.4) is 0 Å². The summed E-state index contributed by atoms with van der Waals surface area (Å²) in [5.74, 6) is -1.05. The maximum absolute atomic E-state index is 11.8. The number of aliphatic hydroxyl groups is 1. The molecular weight excluding hydrogens is 236 g/mol. The van der Waals surface area contributed by atoms with E-state index in [-0.39, 0.29) is 32.7 Å². The second kappa shape index (κ2) is 6.79. The van der Waals surface area contributed by atoms with E-state index in [0.29, 0.717) is 0 Å². The van der Waals surface area contributed by atoms with Gasteiger partial charge in [0.05, 0.1) is 13.0 Å². The lowest BCUT2D eigenvalue weighted by atomic mass is 10.4. The molecule has 0 aliphatic heterocycles. The predicted molar refractivity (Wildman–Crippen MR) is 58.1 cm³/mol. The Morgan fingerprint density at radius 1 is 1.31 bits per heavy atom. The Kier molecular flexibility index (Phi) is 6.49. The Labute approximate surface area is 95.5 Å². The number of likely N-dealkylation sites (N-methyl/N-ethyl adjacent to an activating group) is 1. The number of hydrogen-bond donors (Lipinski definition) is 2. The molecule has 0 aromatic heterocycles. The van der Waals surface area contributed by atoms with Crippen molar-refractivity contribution < 1.29 is 23.4 Å².